The monoisotopic (exact) mass is 593 g/mol. The molecule has 2 aliphatic rings. The number of hydrogen-bond acceptors (Lipinski definition) is 7. The predicted molar refractivity (Wildman–Crippen MR) is 140 cm³/mol. The van der Waals surface area contributed by atoms with Gasteiger partial charge in [-0.15, -0.1) is 17.0 Å². The zero-order chi connectivity index (χ0) is 26.6. The van der Waals surface area contributed by atoms with Crippen molar-refractivity contribution in [3.63, 3.8) is 0 Å². The number of fused-ring (bicyclic) bond motifs is 1. The number of aromatic nitrogens is 2. The minimum Gasteiger partial charge on any atom is -0.391 e. The Morgan fingerprint density at radius 1 is 1.11 bits per heavy atom. The van der Waals surface area contributed by atoms with Gasteiger partial charge in [-0.1, -0.05) is 13.0 Å². The fourth-order valence-electron chi connectivity index (χ4n) is 5.35. The molecule has 1 aromatic carbocycles. The molecule has 12 heteroatoms. The van der Waals surface area contributed by atoms with Crippen molar-refractivity contribution < 1.29 is 28.2 Å². The second kappa shape index (κ2) is 10.6. The van der Waals surface area contributed by atoms with E-state index in [-0.39, 0.29) is 35.0 Å². The lowest BCUT2D eigenvalue weighted by Crippen LogP contribution is -2.56. The molecule has 1 fully saturated rings. The first-order valence-corrected chi connectivity index (χ1v) is 11.9. The molecule has 0 unspecified atom stereocenters. The van der Waals surface area contributed by atoms with E-state index in [0.29, 0.717) is 41.9 Å². The lowest BCUT2D eigenvalue weighted by molar-refractivity contribution is 0.0785. The molecular weight excluding hydrogens is 567 g/mol. The van der Waals surface area contributed by atoms with E-state index in [1.807, 2.05) is 11.8 Å². The summed E-state index contributed by atoms with van der Waals surface area (Å²) in [5.74, 6) is -4.38. The van der Waals surface area contributed by atoms with Crippen molar-refractivity contribution in [2.45, 2.75) is 38.0 Å². The summed E-state index contributed by atoms with van der Waals surface area (Å²) in [6, 6.07) is 3.44. The Hall–Kier alpha value is -3.06. The second-order valence-electron chi connectivity index (χ2n) is 9.65. The maximum atomic E-state index is 15.4. The van der Waals surface area contributed by atoms with Gasteiger partial charge in [0.25, 0.3) is 5.91 Å². The third kappa shape index (κ3) is 4.66. The van der Waals surface area contributed by atoms with E-state index < -0.39 is 58.6 Å². The van der Waals surface area contributed by atoms with Gasteiger partial charge in [0.1, 0.15) is 28.8 Å². The molecule has 6 N–H and O–H groups in total. The van der Waals surface area contributed by atoms with Crippen molar-refractivity contribution in [1.29, 1.82) is 0 Å². The number of benzene rings is 1. The summed E-state index contributed by atoms with van der Waals surface area (Å²) in [6.07, 6.45) is 0.778. The van der Waals surface area contributed by atoms with Gasteiger partial charge in [-0.05, 0) is 31.0 Å². The molecule has 0 radical (unpaired) electrons. The summed E-state index contributed by atoms with van der Waals surface area (Å²) in [6.45, 7) is 2.50. The fraction of sp³-hybridized carbons (Fsp3) is 0.346. The highest BCUT2D eigenvalue weighted by molar-refractivity contribution is 8.93. The Balaban J connectivity index is 0.00000336. The normalized spacial score (nSPS) is 22.7. The molecule has 5 rings (SSSR count). The number of primary amides is 1. The summed E-state index contributed by atoms with van der Waals surface area (Å²) < 4.78 is 44.3. The Labute approximate surface area is 227 Å². The largest absolute Gasteiger partial charge is 0.391 e. The molecule has 38 heavy (non-hydrogen) atoms. The number of rotatable bonds is 4. The summed E-state index contributed by atoms with van der Waals surface area (Å²) in [4.78, 5) is 22.8. The Morgan fingerprint density at radius 2 is 1.79 bits per heavy atom. The van der Waals surface area contributed by atoms with Crippen LogP contribution in [-0.2, 0) is 6.42 Å². The number of carbonyl (C=O) groups is 1. The Kier molecular flexibility index (Phi) is 7.80. The highest BCUT2D eigenvalue weighted by Crippen LogP contribution is 2.44. The van der Waals surface area contributed by atoms with E-state index in [9.17, 15) is 23.8 Å². The van der Waals surface area contributed by atoms with Crippen LogP contribution in [0.2, 0.25) is 0 Å². The standard InChI is InChI=1S/C26H26F3N5O3.BrH/c1-11-9-34(10-18(30)25(11)36)24-12-5-6-19(35)21(12)32-8-14(24)13-7-17(29)23(33-22(13)26(31)37)20-15(27)3-2-4-16(20)28;/h2-4,7-8,11,18-19,25,35-36H,5-6,9-10,30H2,1H3,(H2,31,37);1H/t11-,18+,19+,25+;/m0./s1. The van der Waals surface area contributed by atoms with Crippen LogP contribution >= 0.6 is 17.0 Å². The fourth-order valence-corrected chi connectivity index (χ4v) is 5.35. The maximum Gasteiger partial charge on any atom is 0.267 e. The van der Waals surface area contributed by atoms with Crippen molar-refractivity contribution in [1.82, 2.24) is 9.97 Å². The molecule has 1 amide bonds. The molecule has 3 aromatic rings. The number of carbonyl (C=O) groups excluding carboxylic acids is 1. The average molecular weight is 594 g/mol. The van der Waals surface area contributed by atoms with Crippen molar-refractivity contribution in [2.24, 2.45) is 17.4 Å². The molecular formula is C26H27BrF3N5O3. The van der Waals surface area contributed by atoms with Crippen LogP contribution < -0.4 is 16.4 Å². The second-order valence-corrected chi connectivity index (χ2v) is 9.65. The van der Waals surface area contributed by atoms with E-state index >= 15 is 4.39 Å². The zero-order valence-electron chi connectivity index (χ0n) is 20.4. The summed E-state index contributed by atoms with van der Waals surface area (Å²) in [7, 11) is 0. The predicted octanol–water partition coefficient (Wildman–Crippen LogP) is 3.03. The number of nitrogens with two attached hydrogens (primary N) is 2. The first-order chi connectivity index (χ1) is 17.6. The zero-order valence-corrected chi connectivity index (χ0v) is 22.1. The van der Waals surface area contributed by atoms with E-state index in [1.165, 1.54) is 6.20 Å². The highest BCUT2D eigenvalue weighted by atomic mass is 79.9. The van der Waals surface area contributed by atoms with E-state index in [2.05, 4.69) is 9.97 Å². The lowest BCUT2D eigenvalue weighted by atomic mass is 9.90. The van der Waals surface area contributed by atoms with Gasteiger partial charge in [0.15, 0.2) is 0 Å². The molecule has 0 bridgehead atoms. The molecule has 0 spiro atoms. The van der Waals surface area contributed by atoms with Crippen LogP contribution in [0.1, 0.15) is 41.2 Å². The Bertz CT molecular complexity index is 1380. The van der Waals surface area contributed by atoms with Gasteiger partial charge in [0.2, 0.25) is 0 Å². The van der Waals surface area contributed by atoms with Crippen LogP contribution in [0.3, 0.4) is 0 Å². The number of anilines is 1. The number of pyridine rings is 2. The number of aliphatic hydroxyl groups excluding tert-OH is 2. The molecule has 1 aliphatic heterocycles. The first kappa shape index (κ1) is 28.0. The number of hydrogen-bond donors (Lipinski definition) is 4. The van der Waals surface area contributed by atoms with Gasteiger partial charge in [-0.25, -0.2) is 18.2 Å². The SMILES string of the molecule is Br.C[C@H]1CN(c2c(-c3cc(F)c(-c4c(F)cccc4F)nc3C(N)=O)cnc3c2CC[C@H]3O)C[C@@H](N)[C@@H]1O. The minimum absolute atomic E-state index is 0. The van der Waals surface area contributed by atoms with Gasteiger partial charge in [0, 0.05) is 47.9 Å². The van der Waals surface area contributed by atoms with Gasteiger partial charge in [-0.3, -0.25) is 9.78 Å². The summed E-state index contributed by atoms with van der Waals surface area (Å²) in [5.41, 5.74) is 12.1. The average Bonchev–Trinajstić information content (AvgIpc) is 3.22. The molecule has 1 aliphatic carbocycles. The van der Waals surface area contributed by atoms with Crippen molar-refractivity contribution in [3.05, 3.63) is 64.9 Å². The van der Waals surface area contributed by atoms with Crippen LogP contribution in [0, 0.1) is 23.4 Å². The molecule has 0 saturated carbocycles. The summed E-state index contributed by atoms with van der Waals surface area (Å²) >= 11 is 0. The topological polar surface area (TPSA) is 139 Å². The van der Waals surface area contributed by atoms with Gasteiger partial charge in [-0.2, -0.15) is 0 Å². The Morgan fingerprint density at radius 3 is 2.42 bits per heavy atom. The van der Waals surface area contributed by atoms with Crippen molar-refractivity contribution >= 4 is 28.6 Å². The quantitative estimate of drug-likeness (QED) is 0.364. The minimum atomic E-state index is -1.06. The number of halogens is 4. The highest BCUT2D eigenvalue weighted by Gasteiger charge is 2.36. The number of aliphatic hydroxyl groups is 2. The number of nitrogens with zero attached hydrogens (tertiary/aromatic N) is 3. The molecule has 8 nitrogen and oxygen atoms in total. The molecule has 3 heterocycles. The lowest BCUT2D eigenvalue weighted by Gasteiger charge is -2.41. The van der Waals surface area contributed by atoms with E-state index in [1.54, 1.807) is 0 Å². The maximum absolute atomic E-state index is 15.4. The van der Waals surface area contributed by atoms with Gasteiger partial charge < -0.3 is 26.6 Å². The molecule has 4 atom stereocenters. The van der Waals surface area contributed by atoms with Crippen LogP contribution in [-0.4, -0.2) is 51.3 Å². The van der Waals surface area contributed by atoms with E-state index in [4.69, 9.17) is 11.5 Å². The van der Waals surface area contributed by atoms with Crippen LogP contribution in [0.5, 0.6) is 0 Å². The van der Waals surface area contributed by atoms with Crippen LogP contribution in [0.4, 0.5) is 18.9 Å². The number of piperidine rings is 1. The molecule has 202 valence electrons. The van der Waals surface area contributed by atoms with Crippen LogP contribution in [0.25, 0.3) is 22.4 Å². The smallest absolute Gasteiger partial charge is 0.267 e. The summed E-state index contributed by atoms with van der Waals surface area (Å²) in [5, 5.41) is 20.8. The van der Waals surface area contributed by atoms with Gasteiger partial charge in [0.05, 0.1) is 29.2 Å². The molecule has 1 saturated heterocycles. The third-order valence-electron chi connectivity index (χ3n) is 7.14. The van der Waals surface area contributed by atoms with E-state index in [0.717, 1.165) is 24.3 Å². The van der Waals surface area contributed by atoms with Crippen molar-refractivity contribution in [2.75, 3.05) is 18.0 Å². The third-order valence-corrected chi connectivity index (χ3v) is 7.14. The molecule has 2 aromatic heterocycles. The van der Waals surface area contributed by atoms with Crippen LogP contribution in [0.15, 0.2) is 30.5 Å². The first-order valence-electron chi connectivity index (χ1n) is 11.9. The van der Waals surface area contributed by atoms with Gasteiger partial charge >= 0.3 is 0 Å². The number of amides is 1. The van der Waals surface area contributed by atoms with Crippen molar-refractivity contribution in [3.8, 4) is 22.4 Å².